The van der Waals surface area contributed by atoms with Crippen LogP contribution >= 0.6 is 0 Å². The number of hydrogen-bond acceptors (Lipinski definition) is 0. The van der Waals surface area contributed by atoms with Crippen LogP contribution in [0.1, 0.15) is 6.92 Å². The standard InChI is InChI=1S/C7H5Se.C6H7.2C5H5.2CO.Fe.Mn/c1-8-7-5-3-2-4-6-7;1-6-4-2-3-5-6;2*1-2-4-5-3-1;2*1-2;;/h2-6H;2-5H,1H3;2*1-5H;;;;/q-1;;;;;;;. The zero-order chi connectivity index (χ0) is 22.0. The molecule has 0 unspecified atom stereocenters. The van der Waals surface area contributed by atoms with Crippen molar-refractivity contribution in [2.45, 2.75) is 6.92 Å². The molecule has 1 aromatic rings. The SMILES string of the molecule is C[C]1[CH][CH][CH][CH]1.[C-]#[O+].[C-]#[O+].[CH]1[CH][CH][CH][CH]1.[CH]1[CH][CH][CH][CH]1.[Fe].[Mn]=[C-][Se]c1ccccc1. The van der Waals surface area contributed by atoms with Gasteiger partial charge in [-0.1, -0.05) is 6.92 Å². The summed E-state index contributed by atoms with van der Waals surface area (Å²) in [6, 6.07) is 10.3. The first kappa shape index (κ1) is 34.7. The zero-order valence-electron chi connectivity index (χ0n) is 16.4. The van der Waals surface area contributed by atoms with Crippen molar-refractivity contribution >= 4 is 23.2 Å². The van der Waals surface area contributed by atoms with E-state index in [-0.39, 0.29) is 17.1 Å². The van der Waals surface area contributed by atoms with E-state index in [1.165, 1.54) is 10.4 Å². The molecule has 0 heterocycles. The average molecular weight is 544 g/mol. The Bertz CT molecular complexity index is 448. The Balaban J connectivity index is -0.000000310. The van der Waals surface area contributed by atoms with E-state index < -0.39 is 0 Å². The van der Waals surface area contributed by atoms with Gasteiger partial charge in [0.05, 0.1) is 0 Å². The minimum absolute atomic E-state index is 0. The second-order valence-corrected chi connectivity index (χ2v) is 7.87. The molecule has 0 bridgehead atoms. The predicted octanol–water partition coefficient (Wildman–Crippen LogP) is 3.58. The van der Waals surface area contributed by atoms with E-state index in [0.29, 0.717) is 15.0 Å². The molecular formula is C25H22FeMnO2Se-. The fourth-order valence-corrected chi connectivity index (χ4v) is 3.17. The molecule has 5 heteroatoms. The van der Waals surface area contributed by atoms with Crippen molar-refractivity contribution in [3.05, 3.63) is 139 Å². The van der Waals surface area contributed by atoms with E-state index in [1.807, 2.05) is 95.2 Å². The minimum atomic E-state index is 0. The van der Waals surface area contributed by atoms with E-state index in [0.717, 1.165) is 0 Å². The molecule has 3 aliphatic carbocycles. The fourth-order valence-electron chi connectivity index (χ4n) is 1.64. The number of rotatable bonds is 2. The van der Waals surface area contributed by atoms with Crippen LogP contribution in [0.15, 0.2) is 30.3 Å². The van der Waals surface area contributed by atoms with E-state index in [2.05, 4.69) is 64.6 Å². The van der Waals surface area contributed by atoms with E-state index in [1.54, 1.807) is 0 Å². The Labute approximate surface area is 210 Å². The molecule has 30 heavy (non-hydrogen) atoms. The van der Waals surface area contributed by atoms with Gasteiger partial charge in [-0.2, -0.15) is 0 Å². The van der Waals surface area contributed by atoms with Crippen LogP contribution in [0.25, 0.3) is 0 Å². The summed E-state index contributed by atoms with van der Waals surface area (Å²) in [5.74, 6) is 1.34. The molecule has 4 rings (SSSR count). The quantitative estimate of drug-likeness (QED) is 0.311. The topological polar surface area (TPSA) is 39.8 Å². The van der Waals surface area contributed by atoms with Gasteiger partial charge in [0.15, 0.2) is 0 Å². The Hall–Kier alpha value is 0.128. The zero-order valence-corrected chi connectivity index (χ0v) is 20.4. The summed E-state index contributed by atoms with van der Waals surface area (Å²) in [7, 11) is 0. The molecule has 3 saturated carbocycles. The van der Waals surface area contributed by atoms with Crippen molar-refractivity contribution in [2.24, 2.45) is 0 Å². The molecule has 0 saturated heterocycles. The fraction of sp³-hybridized carbons (Fsp3) is 0.0400. The first-order chi connectivity index (χ1) is 14.3. The van der Waals surface area contributed by atoms with Gasteiger partial charge in [-0.25, -0.2) is 0 Å². The molecular weight excluding hydrogens is 522 g/mol. The molecule has 1 aromatic carbocycles. The maximum atomic E-state index is 7.50. The van der Waals surface area contributed by atoms with Crippen LogP contribution in [0, 0.1) is 109 Å². The summed E-state index contributed by atoms with van der Waals surface area (Å²) in [6.45, 7) is 11.1. The van der Waals surface area contributed by atoms with Gasteiger partial charge in [0.2, 0.25) is 0 Å². The van der Waals surface area contributed by atoms with Crippen LogP contribution < -0.4 is 4.46 Å². The summed E-state index contributed by atoms with van der Waals surface area (Å²) in [5, 5.41) is 0. The van der Waals surface area contributed by atoms with Gasteiger partial charge in [-0.15, -0.1) is 0 Å². The van der Waals surface area contributed by atoms with Crippen molar-refractivity contribution < 1.29 is 41.9 Å². The normalized spacial score (nSPS) is 15.9. The van der Waals surface area contributed by atoms with E-state index >= 15 is 0 Å². The first-order valence-corrected chi connectivity index (χ1v) is 10.6. The van der Waals surface area contributed by atoms with Crippen molar-refractivity contribution in [1.29, 1.82) is 0 Å². The molecule has 3 fully saturated rings. The molecule has 0 N–H and O–H groups in total. The molecule has 0 aromatic heterocycles. The second-order valence-electron chi connectivity index (χ2n) is 4.88. The molecule has 15 radical (unpaired) electrons. The summed E-state index contributed by atoms with van der Waals surface area (Å²) in [4.78, 5) is 0. The second kappa shape index (κ2) is 31.3. The van der Waals surface area contributed by atoms with Gasteiger partial charge in [0.1, 0.15) is 0 Å². The summed E-state index contributed by atoms with van der Waals surface area (Å²) < 4.78 is 19.3. The number of benzene rings is 1. The molecule has 0 atom stereocenters. The van der Waals surface area contributed by atoms with Gasteiger partial charge in [-0.3, -0.25) is 0 Å². The van der Waals surface area contributed by atoms with Crippen molar-refractivity contribution in [1.82, 2.24) is 0 Å². The summed E-state index contributed by atoms with van der Waals surface area (Å²) in [5.41, 5.74) is 0. The van der Waals surface area contributed by atoms with Crippen molar-refractivity contribution in [3.8, 4) is 0 Å². The third-order valence-corrected chi connectivity index (χ3v) is 4.69. The number of hydrogen-bond donors (Lipinski definition) is 0. The van der Waals surface area contributed by atoms with Crippen molar-refractivity contribution in [3.63, 3.8) is 0 Å². The van der Waals surface area contributed by atoms with Gasteiger partial charge < -0.3 is 0 Å². The summed E-state index contributed by atoms with van der Waals surface area (Å²) >= 11 is 3.54. The third kappa shape index (κ3) is 26.2. The van der Waals surface area contributed by atoms with Gasteiger partial charge in [-0.05, 0) is 95.8 Å². The first-order valence-electron chi connectivity index (χ1n) is 8.33. The molecule has 0 amide bonds. The Morgan fingerprint density at radius 2 is 1.00 bits per heavy atom. The molecule has 156 valence electrons. The average Bonchev–Trinajstić information content (AvgIpc) is 3.59. The van der Waals surface area contributed by atoms with Crippen LogP contribution in [0.3, 0.4) is 0 Å². The monoisotopic (exact) mass is 545 g/mol. The van der Waals surface area contributed by atoms with Crippen LogP contribution in [0.5, 0.6) is 0 Å². The molecule has 0 aliphatic heterocycles. The Morgan fingerprint density at radius 1 is 0.667 bits per heavy atom. The van der Waals surface area contributed by atoms with Crippen LogP contribution in [-0.2, 0) is 41.9 Å². The maximum absolute atomic E-state index is 7.50. The molecule has 2 nitrogen and oxygen atoms in total. The molecule has 0 spiro atoms. The Kier molecular flexibility index (Phi) is 36.3. The predicted molar refractivity (Wildman–Crippen MR) is 114 cm³/mol. The van der Waals surface area contributed by atoms with Crippen LogP contribution in [0.4, 0.5) is 0 Å². The van der Waals surface area contributed by atoms with E-state index in [4.69, 9.17) is 9.30 Å². The third-order valence-electron chi connectivity index (χ3n) is 2.84. The van der Waals surface area contributed by atoms with Gasteiger partial charge in [0.25, 0.3) is 0 Å². The summed E-state index contributed by atoms with van der Waals surface area (Å²) in [6.07, 6.45) is 28.2. The van der Waals surface area contributed by atoms with Gasteiger partial charge >= 0.3 is 91.8 Å². The van der Waals surface area contributed by atoms with Crippen molar-refractivity contribution in [2.75, 3.05) is 0 Å². The van der Waals surface area contributed by atoms with Crippen LogP contribution in [-0.4, -0.2) is 18.8 Å². The van der Waals surface area contributed by atoms with Crippen LogP contribution in [0.2, 0.25) is 0 Å². The van der Waals surface area contributed by atoms with Gasteiger partial charge in [0, 0.05) is 17.1 Å². The molecule has 3 aliphatic rings. The Morgan fingerprint density at radius 3 is 1.23 bits per heavy atom. The van der Waals surface area contributed by atoms with E-state index in [9.17, 15) is 0 Å².